The lowest BCUT2D eigenvalue weighted by Gasteiger charge is -2.18. The van der Waals surface area contributed by atoms with Crippen LogP contribution in [0.25, 0.3) is 0 Å². The molecule has 2 N–H and O–H groups in total. The van der Waals surface area contributed by atoms with Crippen molar-refractivity contribution < 1.29 is 4.79 Å². The van der Waals surface area contributed by atoms with E-state index in [0.29, 0.717) is 13.0 Å². The van der Waals surface area contributed by atoms with Crippen LogP contribution < -0.4 is 10.6 Å². The molecule has 1 aromatic carbocycles. The summed E-state index contributed by atoms with van der Waals surface area (Å²) in [6.45, 7) is 4.27. The summed E-state index contributed by atoms with van der Waals surface area (Å²) in [4.78, 5) is 14.1. The van der Waals surface area contributed by atoms with Crippen molar-refractivity contribution >= 4 is 11.6 Å². The molecular formula is C15H20N4O. The van der Waals surface area contributed by atoms with E-state index in [2.05, 4.69) is 21.6 Å². The van der Waals surface area contributed by atoms with Crippen molar-refractivity contribution in [1.82, 2.24) is 10.2 Å². The fourth-order valence-electron chi connectivity index (χ4n) is 2.26. The molecule has 0 radical (unpaired) electrons. The molecule has 2 rings (SSSR count). The molecule has 1 saturated heterocycles. The molecule has 20 heavy (non-hydrogen) atoms. The predicted molar refractivity (Wildman–Crippen MR) is 78.3 cm³/mol. The van der Waals surface area contributed by atoms with Crippen molar-refractivity contribution in [3.05, 3.63) is 29.8 Å². The van der Waals surface area contributed by atoms with Gasteiger partial charge in [-0.3, -0.25) is 9.69 Å². The second kappa shape index (κ2) is 7.63. The molecule has 106 valence electrons. The lowest BCUT2D eigenvalue weighted by Crippen LogP contribution is -2.35. The lowest BCUT2D eigenvalue weighted by atomic mass is 10.1. The van der Waals surface area contributed by atoms with E-state index < -0.39 is 0 Å². The number of hydrogen-bond acceptors (Lipinski definition) is 4. The molecule has 0 bridgehead atoms. The number of rotatable bonds is 4. The van der Waals surface area contributed by atoms with Gasteiger partial charge in [-0.1, -0.05) is 12.1 Å². The molecule has 0 atom stereocenters. The Hall–Kier alpha value is -1.90. The molecule has 0 saturated carbocycles. The number of hydrogen-bond donors (Lipinski definition) is 2. The van der Waals surface area contributed by atoms with Crippen molar-refractivity contribution in [2.75, 3.05) is 38.0 Å². The maximum absolute atomic E-state index is 12.0. The number of carbonyl (C=O) groups excluding carboxylic acids is 1. The van der Waals surface area contributed by atoms with Gasteiger partial charge in [0, 0.05) is 18.8 Å². The van der Waals surface area contributed by atoms with Gasteiger partial charge < -0.3 is 10.6 Å². The van der Waals surface area contributed by atoms with Gasteiger partial charge in [0.05, 0.1) is 19.0 Å². The Morgan fingerprint density at radius 3 is 2.85 bits per heavy atom. The molecule has 1 aliphatic rings. The Bertz CT molecular complexity index is 470. The van der Waals surface area contributed by atoms with Crippen molar-refractivity contribution in [3.63, 3.8) is 0 Å². The minimum absolute atomic E-state index is 0.0138. The summed E-state index contributed by atoms with van der Waals surface area (Å²) in [5.74, 6) is 0.0138. The molecule has 0 aliphatic carbocycles. The average Bonchev–Trinajstić information content (AvgIpc) is 2.70. The van der Waals surface area contributed by atoms with Crippen LogP contribution in [-0.4, -0.2) is 43.5 Å². The summed E-state index contributed by atoms with van der Waals surface area (Å²) >= 11 is 0. The van der Waals surface area contributed by atoms with Crippen LogP contribution in [0.3, 0.4) is 0 Å². The summed E-state index contributed by atoms with van der Waals surface area (Å²) < 4.78 is 0. The number of nitrogens with zero attached hydrogens (tertiary/aromatic N) is 2. The summed E-state index contributed by atoms with van der Waals surface area (Å²) in [5.41, 5.74) is 1.74. The monoisotopic (exact) mass is 272 g/mol. The van der Waals surface area contributed by atoms with Gasteiger partial charge in [-0.05, 0) is 37.2 Å². The number of amides is 1. The van der Waals surface area contributed by atoms with Crippen LogP contribution in [-0.2, 0) is 11.2 Å². The fourth-order valence-corrected chi connectivity index (χ4v) is 2.26. The highest BCUT2D eigenvalue weighted by Crippen LogP contribution is 2.10. The van der Waals surface area contributed by atoms with E-state index in [0.717, 1.165) is 43.9 Å². The van der Waals surface area contributed by atoms with Gasteiger partial charge in [-0.15, -0.1) is 0 Å². The van der Waals surface area contributed by atoms with Crippen LogP contribution in [0.5, 0.6) is 0 Å². The van der Waals surface area contributed by atoms with Crippen molar-refractivity contribution in [2.24, 2.45) is 0 Å². The van der Waals surface area contributed by atoms with E-state index in [4.69, 9.17) is 5.26 Å². The van der Waals surface area contributed by atoms with E-state index >= 15 is 0 Å². The minimum Gasteiger partial charge on any atom is -0.325 e. The third-order valence-corrected chi connectivity index (χ3v) is 3.32. The number of anilines is 1. The SMILES string of the molecule is N#CCc1ccc(NC(=O)CN2CCCNCC2)cc1. The van der Waals surface area contributed by atoms with Crippen LogP contribution in [0.2, 0.25) is 0 Å². The Morgan fingerprint density at radius 1 is 1.30 bits per heavy atom. The largest absolute Gasteiger partial charge is 0.325 e. The Balaban J connectivity index is 1.82. The molecule has 1 heterocycles. The molecule has 0 aromatic heterocycles. The fraction of sp³-hybridized carbons (Fsp3) is 0.467. The highest BCUT2D eigenvalue weighted by molar-refractivity contribution is 5.92. The molecule has 1 fully saturated rings. The molecule has 1 aliphatic heterocycles. The topological polar surface area (TPSA) is 68.2 Å². The van der Waals surface area contributed by atoms with E-state index in [-0.39, 0.29) is 5.91 Å². The van der Waals surface area contributed by atoms with E-state index in [9.17, 15) is 4.79 Å². The summed E-state index contributed by atoms with van der Waals surface area (Å²) in [6, 6.07) is 9.53. The van der Waals surface area contributed by atoms with E-state index in [1.807, 2.05) is 24.3 Å². The van der Waals surface area contributed by atoms with E-state index in [1.54, 1.807) is 0 Å². The maximum atomic E-state index is 12.0. The number of nitrogens with one attached hydrogen (secondary N) is 2. The van der Waals surface area contributed by atoms with Gasteiger partial charge in [0.2, 0.25) is 5.91 Å². The first-order chi connectivity index (χ1) is 9.78. The molecular weight excluding hydrogens is 252 g/mol. The van der Waals surface area contributed by atoms with Crippen molar-refractivity contribution in [3.8, 4) is 6.07 Å². The quantitative estimate of drug-likeness (QED) is 0.857. The molecule has 0 unspecified atom stereocenters. The normalized spacial score (nSPS) is 16.1. The highest BCUT2D eigenvalue weighted by atomic mass is 16.2. The first kappa shape index (κ1) is 14.5. The lowest BCUT2D eigenvalue weighted by molar-refractivity contribution is -0.117. The highest BCUT2D eigenvalue weighted by Gasteiger charge is 2.12. The molecule has 5 nitrogen and oxygen atoms in total. The third kappa shape index (κ3) is 4.65. The first-order valence-electron chi connectivity index (χ1n) is 6.97. The Morgan fingerprint density at radius 2 is 2.10 bits per heavy atom. The Kier molecular flexibility index (Phi) is 5.54. The van der Waals surface area contributed by atoms with Crippen LogP contribution in [0.1, 0.15) is 12.0 Å². The van der Waals surface area contributed by atoms with Gasteiger partial charge in [-0.2, -0.15) is 5.26 Å². The van der Waals surface area contributed by atoms with Crippen LogP contribution in [0, 0.1) is 11.3 Å². The van der Waals surface area contributed by atoms with Crippen LogP contribution in [0.15, 0.2) is 24.3 Å². The third-order valence-electron chi connectivity index (χ3n) is 3.32. The van der Waals surface area contributed by atoms with Gasteiger partial charge in [0.25, 0.3) is 0 Å². The number of carbonyl (C=O) groups is 1. The van der Waals surface area contributed by atoms with Gasteiger partial charge >= 0.3 is 0 Å². The zero-order chi connectivity index (χ0) is 14.2. The standard InChI is InChI=1S/C15H20N4O/c16-7-6-13-2-4-14(5-3-13)18-15(20)12-19-10-1-8-17-9-11-19/h2-5,17H,1,6,8-12H2,(H,18,20). The van der Waals surface area contributed by atoms with Crippen LogP contribution >= 0.6 is 0 Å². The zero-order valence-electron chi connectivity index (χ0n) is 11.6. The van der Waals surface area contributed by atoms with E-state index in [1.165, 1.54) is 0 Å². The van der Waals surface area contributed by atoms with Crippen molar-refractivity contribution in [1.29, 1.82) is 5.26 Å². The number of nitriles is 1. The molecule has 5 heteroatoms. The first-order valence-corrected chi connectivity index (χ1v) is 6.97. The summed E-state index contributed by atoms with van der Waals surface area (Å²) in [6.07, 6.45) is 1.48. The molecule has 0 spiro atoms. The summed E-state index contributed by atoms with van der Waals surface area (Å²) in [7, 11) is 0. The minimum atomic E-state index is 0.0138. The number of benzene rings is 1. The molecule has 1 amide bonds. The summed E-state index contributed by atoms with van der Waals surface area (Å²) in [5, 5.41) is 14.8. The average molecular weight is 272 g/mol. The van der Waals surface area contributed by atoms with Crippen LogP contribution in [0.4, 0.5) is 5.69 Å². The second-order valence-corrected chi connectivity index (χ2v) is 4.96. The molecule has 1 aromatic rings. The van der Waals surface area contributed by atoms with Gasteiger partial charge in [0.15, 0.2) is 0 Å². The Labute approximate surface area is 119 Å². The predicted octanol–water partition coefficient (Wildman–Crippen LogP) is 0.986. The van der Waals surface area contributed by atoms with Gasteiger partial charge in [0.1, 0.15) is 0 Å². The van der Waals surface area contributed by atoms with Gasteiger partial charge in [-0.25, -0.2) is 0 Å². The van der Waals surface area contributed by atoms with Crippen molar-refractivity contribution in [2.45, 2.75) is 12.8 Å². The zero-order valence-corrected chi connectivity index (χ0v) is 11.6. The smallest absolute Gasteiger partial charge is 0.238 e. The maximum Gasteiger partial charge on any atom is 0.238 e. The second-order valence-electron chi connectivity index (χ2n) is 4.96.